The first-order valence-corrected chi connectivity index (χ1v) is 2.81. The maximum Gasteiger partial charge on any atom is 0.155 e. The van der Waals surface area contributed by atoms with Crippen LogP contribution in [0.5, 0.6) is 0 Å². The zero-order chi connectivity index (χ0) is 4.83. The molecule has 0 aliphatic carbocycles. The van der Waals surface area contributed by atoms with Crippen LogP contribution in [0.1, 0.15) is 6.42 Å². The normalized spacial score (nSPS) is 9.50. The van der Waals surface area contributed by atoms with E-state index in [-0.39, 0.29) is 15.1 Å². The lowest BCUT2D eigenvalue weighted by molar-refractivity contribution is 0.296. The largest absolute Gasteiger partial charge is 0.396 e. The summed E-state index contributed by atoms with van der Waals surface area (Å²) in [5.74, 6) is 0. The highest BCUT2D eigenvalue weighted by atomic mass is 31.1. The van der Waals surface area contributed by atoms with E-state index in [1.807, 2.05) is 0 Å². The topological polar surface area (TPSA) is 37.3 Å². The van der Waals surface area contributed by atoms with Gasteiger partial charge in [-0.2, -0.15) is 0 Å². The highest BCUT2D eigenvalue weighted by Gasteiger charge is 1.77. The van der Waals surface area contributed by atoms with Crippen molar-refractivity contribution >= 4 is 8.46 Å². The quantitative estimate of drug-likeness (QED) is 0.424. The van der Waals surface area contributed by atoms with Crippen molar-refractivity contribution in [3.05, 3.63) is 0 Å². The van der Waals surface area contributed by atoms with Gasteiger partial charge in [-0.25, -0.2) is 0 Å². The minimum Gasteiger partial charge on any atom is -0.396 e. The monoisotopic (exact) mass is 106 g/mol. The molecule has 0 fully saturated rings. The van der Waals surface area contributed by atoms with E-state index in [2.05, 4.69) is 0 Å². The van der Waals surface area contributed by atoms with Gasteiger partial charge in [-0.05, 0) is 6.42 Å². The molecule has 3 heteroatoms. The summed E-state index contributed by atoms with van der Waals surface area (Å²) in [6, 6.07) is 0. The highest BCUT2D eigenvalue weighted by molar-refractivity contribution is 7.23. The molecule has 0 unspecified atom stereocenters. The van der Waals surface area contributed by atoms with Crippen LogP contribution in [0.15, 0.2) is 0 Å². The molecule has 0 rings (SSSR count). The van der Waals surface area contributed by atoms with Crippen molar-refractivity contribution in [2.45, 2.75) is 6.42 Å². The van der Waals surface area contributed by atoms with Crippen LogP contribution in [-0.4, -0.2) is 17.9 Å². The van der Waals surface area contributed by atoms with E-state index in [4.69, 9.17) is 5.11 Å². The second-order valence-electron chi connectivity index (χ2n) is 0.930. The smallest absolute Gasteiger partial charge is 0.155 e. The maximum absolute atomic E-state index is 9.55. The zero-order valence-electron chi connectivity index (χ0n) is 3.42. The summed E-state index contributed by atoms with van der Waals surface area (Å²) >= 11 is 0. The van der Waals surface area contributed by atoms with Crippen LogP contribution in [0, 0.1) is 0 Å². The molecule has 36 valence electrons. The number of hydrogen-bond acceptors (Lipinski definition) is 2. The van der Waals surface area contributed by atoms with Gasteiger partial charge in [-0.1, -0.05) is 0 Å². The summed E-state index contributed by atoms with van der Waals surface area (Å²) in [7, 11) is 0.135. The number of rotatable bonds is 3. The van der Waals surface area contributed by atoms with Crippen LogP contribution in [0.4, 0.5) is 0 Å². The summed E-state index contributed by atoms with van der Waals surface area (Å²) in [6.45, 7) is 0.148. The molecule has 0 aromatic heterocycles. The molecule has 0 saturated carbocycles. The van der Waals surface area contributed by atoms with Gasteiger partial charge in [0.2, 0.25) is 0 Å². The molecule has 0 atom stereocenters. The summed E-state index contributed by atoms with van der Waals surface area (Å²) in [6.07, 6.45) is 1.22. The van der Waals surface area contributed by atoms with Crippen molar-refractivity contribution < 1.29 is 9.67 Å². The van der Waals surface area contributed by atoms with Crippen molar-refractivity contribution in [2.24, 2.45) is 0 Å². The van der Waals surface area contributed by atoms with Crippen LogP contribution in [0.2, 0.25) is 0 Å². The van der Waals surface area contributed by atoms with Gasteiger partial charge in [-0.3, -0.25) is 4.57 Å². The SMILES string of the molecule is O=PCCCO. The average molecular weight is 106 g/mol. The fourth-order valence-corrected chi connectivity index (χ4v) is 0.406. The van der Waals surface area contributed by atoms with Crippen LogP contribution in [-0.2, 0) is 4.57 Å². The fourth-order valence-electron chi connectivity index (χ4n) is 0.135. The van der Waals surface area contributed by atoms with Gasteiger partial charge < -0.3 is 5.11 Å². The average Bonchev–Trinajstić information content (AvgIpc) is 1.61. The van der Waals surface area contributed by atoms with E-state index < -0.39 is 0 Å². The van der Waals surface area contributed by atoms with Crippen molar-refractivity contribution in [3.8, 4) is 0 Å². The Morgan fingerprint density at radius 2 is 2.33 bits per heavy atom. The Hall–Kier alpha value is 0.0600. The lowest BCUT2D eigenvalue weighted by atomic mass is 10.5. The van der Waals surface area contributed by atoms with Crippen LogP contribution in [0.3, 0.4) is 0 Å². The molecule has 0 heterocycles. The molecule has 0 amide bonds. The van der Waals surface area contributed by atoms with E-state index >= 15 is 0 Å². The summed E-state index contributed by atoms with van der Waals surface area (Å²) in [5, 5.41) is 8.05. The maximum atomic E-state index is 9.55. The second kappa shape index (κ2) is 5.06. The van der Waals surface area contributed by atoms with Crippen LogP contribution >= 0.6 is 8.46 Å². The lowest BCUT2D eigenvalue weighted by Gasteiger charge is -1.78. The first-order valence-electron chi connectivity index (χ1n) is 1.82. The highest BCUT2D eigenvalue weighted by Crippen LogP contribution is 1.91. The molecule has 0 aliphatic rings. The fraction of sp³-hybridized carbons (Fsp3) is 1.00. The van der Waals surface area contributed by atoms with E-state index in [0.717, 1.165) is 0 Å². The molecule has 0 bridgehead atoms. The summed E-state index contributed by atoms with van der Waals surface area (Å²) in [4.78, 5) is 0. The van der Waals surface area contributed by atoms with Gasteiger partial charge >= 0.3 is 0 Å². The number of hydrogen-bond donors (Lipinski definition) is 1. The van der Waals surface area contributed by atoms with E-state index in [0.29, 0.717) is 12.6 Å². The lowest BCUT2D eigenvalue weighted by Crippen LogP contribution is -1.79. The Labute approximate surface area is 38.4 Å². The van der Waals surface area contributed by atoms with Gasteiger partial charge in [0.05, 0.1) is 0 Å². The first-order chi connectivity index (χ1) is 2.91. The molecule has 0 aliphatic heterocycles. The number of aliphatic hydroxyl groups is 1. The second-order valence-corrected chi connectivity index (χ2v) is 1.64. The van der Waals surface area contributed by atoms with Gasteiger partial charge in [0.25, 0.3) is 0 Å². The standard InChI is InChI=1S/C3H7O2P/c4-2-1-3-6-5/h4H,1-3H2. The third-order valence-electron chi connectivity index (χ3n) is 0.408. The molecule has 1 N–H and O–H groups in total. The zero-order valence-corrected chi connectivity index (χ0v) is 4.32. The van der Waals surface area contributed by atoms with E-state index in [1.54, 1.807) is 0 Å². The van der Waals surface area contributed by atoms with Crippen molar-refractivity contribution in [3.63, 3.8) is 0 Å². The Kier molecular flexibility index (Phi) is 5.11. The predicted octanol–water partition coefficient (Wildman–Crippen LogP) is 0.660. The van der Waals surface area contributed by atoms with Gasteiger partial charge in [0.1, 0.15) is 0 Å². The first kappa shape index (κ1) is 6.06. The van der Waals surface area contributed by atoms with Crippen molar-refractivity contribution in [1.29, 1.82) is 0 Å². The molecule has 0 aromatic rings. The molecule has 6 heavy (non-hydrogen) atoms. The van der Waals surface area contributed by atoms with Crippen LogP contribution in [0.25, 0.3) is 0 Å². The van der Waals surface area contributed by atoms with Gasteiger partial charge in [0.15, 0.2) is 8.46 Å². The third kappa shape index (κ3) is 4.06. The summed E-state index contributed by atoms with van der Waals surface area (Å²) < 4.78 is 9.55. The van der Waals surface area contributed by atoms with E-state index in [9.17, 15) is 4.57 Å². The Balaban J connectivity index is 2.49. The Bertz CT molecular complexity index is 37.8. The minimum absolute atomic E-state index is 0.135. The third-order valence-corrected chi connectivity index (χ3v) is 0.906. The molecule has 0 saturated heterocycles. The molecule has 0 aromatic carbocycles. The molecule has 0 radical (unpaired) electrons. The molecule has 0 spiro atoms. The van der Waals surface area contributed by atoms with E-state index in [1.165, 1.54) is 0 Å². The molecular weight excluding hydrogens is 99.0 g/mol. The van der Waals surface area contributed by atoms with Gasteiger partial charge in [-0.15, -0.1) is 0 Å². The van der Waals surface area contributed by atoms with Crippen molar-refractivity contribution in [1.82, 2.24) is 0 Å². The Morgan fingerprint density at radius 3 is 2.50 bits per heavy atom. The molecular formula is C3H7O2P. The number of aliphatic hydroxyl groups excluding tert-OH is 1. The van der Waals surface area contributed by atoms with Crippen molar-refractivity contribution in [2.75, 3.05) is 12.8 Å². The summed E-state index contributed by atoms with van der Waals surface area (Å²) in [5.41, 5.74) is 0. The predicted molar refractivity (Wildman–Crippen MR) is 24.2 cm³/mol. The molecule has 2 nitrogen and oxygen atoms in total. The minimum atomic E-state index is 0.135. The van der Waals surface area contributed by atoms with Gasteiger partial charge in [0, 0.05) is 12.8 Å². The Morgan fingerprint density at radius 1 is 1.67 bits per heavy atom. The van der Waals surface area contributed by atoms with Crippen LogP contribution < -0.4 is 0 Å².